The van der Waals surface area contributed by atoms with Gasteiger partial charge in [0.05, 0.1) is 12.8 Å². The van der Waals surface area contributed by atoms with Crippen LogP contribution in [0.25, 0.3) is 12.2 Å². The summed E-state index contributed by atoms with van der Waals surface area (Å²) in [4.78, 5) is 31.6. The van der Waals surface area contributed by atoms with Crippen LogP contribution in [0.1, 0.15) is 22.6 Å². The molecule has 0 fully saturated rings. The molecule has 0 spiro atoms. The molecule has 1 aromatic carbocycles. The molecular weight excluding hydrogens is 386 g/mol. The molecule has 2 heterocycles. The molecule has 28 heavy (non-hydrogen) atoms. The molecule has 3 aromatic rings. The fourth-order valence-electron chi connectivity index (χ4n) is 2.35. The van der Waals surface area contributed by atoms with Crippen LogP contribution in [0.4, 0.5) is 0 Å². The summed E-state index contributed by atoms with van der Waals surface area (Å²) in [5, 5.41) is 11.5. The summed E-state index contributed by atoms with van der Waals surface area (Å²) in [6.07, 6.45) is 3.16. The minimum absolute atomic E-state index is 0.0656. The SMILES string of the molecule is COc1cccc(C=Cc2[nH]c(=S)[nH]c(=O)c2C#N)c1OCc1nc(=O)o[nH]1. The highest BCUT2D eigenvalue weighted by Gasteiger charge is 2.11. The number of hydrogen-bond acceptors (Lipinski definition) is 8. The van der Waals surface area contributed by atoms with Crippen molar-refractivity contribution < 1.29 is 14.0 Å². The molecule has 142 valence electrons. The number of hydrogen-bond donors (Lipinski definition) is 3. The standard InChI is InChI=1S/C17H13N5O5S/c1-25-12-4-2-3-9(14(12)26-8-13-20-17(24)27-22-13)5-6-11-10(7-18)15(23)21-16(28)19-11/h2-6H,8H2,1H3,(H,20,22,24)(H2,19,21,23,28). The minimum Gasteiger partial charge on any atom is -0.493 e. The lowest BCUT2D eigenvalue weighted by Gasteiger charge is -2.12. The highest BCUT2D eigenvalue weighted by atomic mass is 32.1. The summed E-state index contributed by atoms with van der Waals surface area (Å²) in [5.41, 5.74) is 0.165. The van der Waals surface area contributed by atoms with E-state index < -0.39 is 11.3 Å². The molecule has 0 atom stereocenters. The van der Waals surface area contributed by atoms with Gasteiger partial charge < -0.3 is 19.0 Å². The molecule has 0 aliphatic rings. The Morgan fingerprint density at radius 3 is 2.82 bits per heavy atom. The van der Waals surface area contributed by atoms with Crippen LogP contribution < -0.4 is 20.8 Å². The number of methoxy groups -OCH3 is 1. The van der Waals surface area contributed by atoms with E-state index in [0.29, 0.717) is 17.1 Å². The van der Waals surface area contributed by atoms with Crippen LogP contribution in [-0.4, -0.2) is 27.2 Å². The average molecular weight is 399 g/mol. The summed E-state index contributed by atoms with van der Waals surface area (Å²) >= 11 is 4.94. The van der Waals surface area contributed by atoms with E-state index in [1.54, 1.807) is 24.3 Å². The van der Waals surface area contributed by atoms with Crippen molar-refractivity contribution in [3.63, 3.8) is 0 Å². The number of ether oxygens (including phenoxy) is 2. The van der Waals surface area contributed by atoms with Crippen molar-refractivity contribution in [2.45, 2.75) is 6.61 Å². The zero-order valence-electron chi connectivity index (χ0n) is 14.4. The number of H-pyrrole nitrogens is 3. The molecule has 0 aliphatic heterocycles. The van der Waals surface area contributed by atoms with Crippen LogP contribution >= 0.6 is 12.2 Å². The van der Waals surface area contributed by atoms with Gasteiger partial charge in [0.25, 0.3) is 5.56 Å². The number of nitriles is 1. The maximum absolute atomic E-state index is 11.8. The summed E-state index contributed by atoms with van der Waals surface area (Å²) in [5.74, 6) is 0.253. The number of rotatable bonds is 6. The van der Waals surface area contributed by atoms with Crippen molar-refractivity contribution in [1.82, 2.24) is 20.1 Å². The van der Waals surface area contributed by atoms with E-state index in [2.05, 4.69) is 24.6 Å². The maximum Gasteiger partial charge on any atom is 0.459 e. The van der Waals surface area contributed by atoms with Crippen LogP contribution in [0.15, 0.2) is 32.3 Å². The van der Waals surface area contributed by atoms with E-state index >= 15 is 0 Å². The number of nitrogens with one attached hydrogen (secondary N) is 3. The van der Waals surface area contributed by atoms with Crippen molar-refractivity contribution >= 4 is 24.4 Å². The fraction of sp³-hybridized carbons (Fsp3) is 0.118. The Labute approximate surface area is 162 Å². The molecule has 0 amide bonds. The zero-order valence-corrected chi connectivity index (χ0v) is 15.3. The maximum atomic E-state index is 11.8. The molecular formula is C17H13N5O5S. The Morgan fingerprint density at radius 2 is 2.14 bits per heavy atom. The highest BCUT2D eigenvalue weighted by molar-refractivity contribution is 7.71. The minimum atomic E-state index is -0.757. The molecule has 0 radical (unpaired) electrons. The molecule has 10 nitrogen and oxygen atoms in total. The number of nitrogens with zero attached hydrogens (tertiary/aromatic N) is 2. The van der Waals surface area contributed by atoms with Crippen LogP contribution in [0, 0.1) is 16.1 Å². The van der Waals surface area contributed by atoms with Crippen molar-refractivity contribution in [3.05, 3.63) is 66.5 Å². The molecule has 0 saturated carbocycles. The lowest BCUT2D eigenvalue weighted by molar-refractivity contribution is 0.268. The Hall–Kier alpha value is -3.91. The topological polar surface area (TPSA) is 150 Å². The first kappa shape index (κ1) is 18.9. The first-order valence-electron chi connectivity index (χ1n) is 7.80. The van der Waals surface area contributed by atoms with Gasteiger partial charge in [0, 0.05) is 5.56 Å². The Morgan fingerprint density at radius 1 is 1.32 bits per heavy atom. The molecule has 0 aliphatic carbocycles. The summed E-state index contributed by atoms with van der Waals surface area (Å²) in [7, 11) is 1.48. The van der Waals surface area contributed by atoms with E-state index in [0.717, 1.165) is 0 Å². The predicted octanol–water partition coefficient (Wildman–Crippen LogP) is 1.74. The second-order valence-corrected chi connectivity index (χ2v) is 5.75. The molecule has 0 unspecified atom stereocenters. The Bertz CT molecular complexity index is 1240. The van der Waals surface area contributed by atoms with Gasteiger partial charge in [-0.05, 0) is 30.4 Å². The lowest BCUT2D eigenvalue weighted by Crippen LogP contribution is -2.13. The zero-order chi connectivity index (χ0) is 20.1. The molecule has 0 saturated heterocycles. The second kappa shape index (κ2) is 8.19. The van der Waals surface area contributed by atoms with Crippen molar-refractivity contribution in [1.29, 1.82) is 5.26 Å². The molecule has 11 heteroatoms. The van der Waals surface area contributed by atoms with Gasteiger partial charge in [-0.15, -0.1) is 0 Å². The van der Waals surface area contributed by atoms with Crippen LogP contribution in [-0.2, 0) is 6.61 Å². The third-order valence-electron chi connectivity index (χ3n) is 3.58. The van der Waals surface area contributed by atoms with Gasteiger partial charge in [0.2, 0.25) is 0 Å². The monoisotopic (exact) mass is 399 g/mol. The molecule has 3 rings (SSSR count). The van der Waals surface area contributed by atoms with Crippen molar-refractivity contribution in [3.8, 4) is 17.6 Å². The van der Waals surface area contributed by atoms with E-state index in [-0.39, 0.29) is 28.5 Å². The third kappa shape index (κ3) is 4.08. The fourth-order valence-corrected chi connectivity index (χ4v) is 2.56. The van der Waals surface area contributed by atoms with Gasteiger partial charge in [0.1, 0.15) is 18.2 Å². The van der Waals surface area contributed by atoms with Crippen molar-refractivity contribution in [2.24, 2.45) is 0 Å². The van der Waals surface area contributed by atoms with Crippen molar-refractivity contribution in [2.75, 3.05) is 7.11 Å². The smallest absolute Gasteiger partial charge is 0.459 e. The predicted molar refractivity (Wildman–Crippen MR) is 100 cm³/mol. The van der Waals surface area contributed by atoms with Gasteiger partial charge in [-0.3, -0.25) is 9.78 Å². The van der Waals surface area contributed by atoms with Gasteiger partial charge in [-0.1, -0.05) is 12.1 Å². The number of benzene rings is 1. The quantitative estimate of drug-likeness (QED) is 0.531. The van der Waals surface area contributed by atoms with E-state index in [9.17, 15) is 14.9 Å². The van der Waals surface area contributed by atoms with Crippen LogP contribution in [0.5, 0.6) is 11.5 Å². The normalized spacial score (nSPS) is 10.7. The second-order valence-electron chi connectivity index (χ2n) is 5.34. The number of para-hydroxylation sites is 1. The molecule has 2 aromatic heterocycles. The third-order valence-corrected chi connectivity index (χ3v) is 3.78. The van der Waals surface area contributed by atoms with Gasteiger partial charge in [-0.25, -0.2) is 4.79 Å². The molecule has 0 bridgehead atoms. The Balaban J connectivity index is 1.97. The lowest BCUT2D eigenvalue weighted by atomic mass is 10.1. The van der Waals surface area contributed by atoms with Gasteiger partial charge in [0.15, 0.2) is 22.1 Å². The summed E-state index contributed by atoms with van der Waals surface area (Å²) in [6, 6.07) is 7.02. The van der Waals surface area contributed by atoms with E-state index in [1.165, 1.54) is 13.2 Å². The van der Waals surface area contributed by atoms with Crippen LogP contribution in [0.2, 0.25) is 0 Å². The van der Waals surface area contributed by atoms with Gasteiger partial charge >= 0.3 is 5.76 Å². The average Bonchev–Trinajstić information content (AvgIpc) is 3.09. The summed E-state index contributed by atoms with van der Waals surface area (Å²) < 4.78 is 15.6. The number of aromatic amines is 3. The largest absolute Gasteiger partial charge is 0.493 e. The first-order valence-corrected chi connectivity index (χ1v) is 8.21. The first-order chi connectivity index (χ1) is 13.5. The molecule has 3 N–H and O–H groups in total. The summed E-state index contributed by atoms with van der Waals surface area (Å²) in [6.45, 7) is -0.0656. The Kier molecular flexibility index (Phi) is 5.52. The number of aromatic nitrogens is 4. The van der Waals surface area contributed by atoms with E-state index in [1.807, 2.05) is 6.07 Å². The van der Waals surface area contributed by atoms with Crippen LogP contribution in [0.3, 0.4) is 0 Å². The highest BCUT2D eigenvalue weighted by Crippen LogP contribution is 2.32. The van der Waals surface area contributed by atoms with Gasteiger partial charge in [-0.2, -0.15) is 15.4 Å². The van der Waals surface area contributed by atoms with E-state index in [4.69, 9.17) is 21.7 Å².